The molecule has 2 N–H and O–H groups in total. The highest BCUT2D eigenvalue weighted by Gasteiger charge is 2.15. The molecular weight excluding hydrogens is 479 g/mol. The predicted octanol–water partition coefficient (Wildman–Crippen LogP) is 5.68. The van der Waals surface area contributed by atoms with Crippen LogP contribution in [0.4, 0.5) is 4.39 Å². The number of carbonyl (C=O) groups is 1. The maximum absolute atomic E-state index is 14.4. The average Bonchev–Trinajstić information content (AvgIpc) is 3.31. The second-order valence-corrected chi connectivity index (χ2v) is 9.05. The van der Waals surface area contributed by atoms with Crippen LogP contribution in [0.5, 0.6) is 5.75 Å². The zero-order chi connectivity index (χ0) is 26.9. The van der Waals surface area contributed by atoms with Crippen molar-refractivity contribution in [3.63, 3.8) is 0 Å². The number of likely N-dealkylation sites (N-methyl/N-ethyl adjacent to an activating group) is 1. The van der Waals surface area contributed by atoms with Crippen LogP contribution in [0.3, 0.4) is 0 Å². The van der Waals surface area contributed by atoms with Gasteiger partial charge in [-0.25, -0.2) is 0 Å². The molecule has 0 radical (unpaired) electrons. The number of benzene rings is 3. The largest absolute Gasteiger partial charge is 0.492 e. The van der Waals surface area contributed by atoms with Crippen LogP contribution in [0.25, 0.3) is 22.0 Å². The maximum Gasteiger partial charge on any atom is 0.245 e. The van der Waals surface area contributed by atoms with Gasteiger partial charge >= 0.3 is 0 Å². The maximum atomic E-state index is 14.4. The molecule has 1 aromatic heterocycles. The molecule has 38 heavy (non-hydrogen) atoms. The summed E-state index contributed by atoms with van der Waals surface area (Å²) < 4.78 is 20.3. The van der Waals surface area contributed by atoms with E-state index in [4.69, 9.17) is 4.74 Å². The first-order valence-electron chi connectivity index (χ1n) is 12.7. The van der Waals surface area contributed by atoms with Crippen molar-refractivity contribution in [2.24, 2.45) is 0 Å². The quantitative estimate of drug-likeness (QED) is 0.154. The Bertz CT molecular complexity index is 1420. The van der Waals surface area contributed by atoms with Crippen molar-refractivity contribution in [1.29, 1.82) is 0 Å². The van der Waals surface area contributed by atoms with E-state index in [1.807, 2.05) is 60.7 Å². The van der Waals surface area contributed by atoms with Crippen LogP contribution in [0.15, 0.2) is 84.9 Å². The molecule has 0 bridgehead atoms. The second-order valence-electron chi connectivity index (χ2n) is 9.05. The molecule has 0 atom stereocenters. The summed E-state index contributed by atoms with van der Waals surface area (Å²) in [5.41, 5.74) is 5.90. The average molecular weight is 513 g/mol. The summed E-state index contributed by atoms with van der Waals surface area (Å²) in [5.74, 6) is 0.295. The lowest BCUT2D eigenvalue weighted by Gasteiger charge is -2.17. The Hall–Kier alpha value is -4.23. The van der Waals surface area contributed by atoms with Gasteiger partial charge in [-0.1, -0.05) is 61.5 Å². The Morgan fingerprint density at radius 1 is 1.03 bits per heavy atom. The Labute approximate surface area is 222 Å². The first-order chi connectivity index (χ1) is 18.5. The smallest absolute Gasteiger partial charge is 0.245 e. The van der Waals surface area contributed by atoms with Crippen LogP contribution in [0.1, 0.15) is 30.0 Å². The third-order valence-corrected chi connectivity index (χ3v) is 6.23. The summed E-state index contributed by atoms with van der Waals surface area (Å²) in [7, 11) is 3.45. The van der Waals surface area contributed by atoms with Gasteiger partial charge in [-0.3, -0.25) is 9.89 Å². The van der Waals surface area contributed by atoms with E-state index in [9.17, 15) is 9.18 Å². The molecule has 0 aliphatic heterocycles. The van der Waals surface area contributed by atoms with Crippen LogP contribution in [-0.4, -0.2) is 54.8 Å². The van der Waals surface area contributed by atoms with Crippen molar-refractivity contribution in [2.75, 3.05) is 33.8 Å². The molecule has 3 aromatic carbocycles. The zero-order valence-electron chi connectivity index (χ0n) is 22.0. The molecule has 0 fully saturated rings. The SMILES string of the molecule is CC/C(=C(/c1ccc(OCCNC/C=C/C(=O)N(C)C)cc1)c1ccc2n[nH]c(F)c2c1)c1ccccc1. The van der Waals surface area contributed by atoms with E-state index < -0.39 is 5.95 Å². The lowest BCUT2D eigenvalue weighted by molar-refractivity contribution is -0.123. The monoisotopic (exact) mass is 512 g/mol. The molecule has 0 aliphatic carbocycles. The number of aromatic amines is 1. The number of ether oxygens (including phenoxy) is 1. The fourth-order valence-electron chi connectivity index (χ4n) is 4.27. The third kappa shape index (κ3) is 6.55. The van der Waals surface area contributed by atoms with E-state index in [-0.39, 0.29) is 5.91 Å². The molecule has 0 saturated heterocycles. The first kappa shape index (κ1) is 26.8. The summed E-state index contributed by atoms with van der Waals surface area (Å²) in [6.07, 6.45) is 4.16. The first-order valence-corrected chi connectivity index (χ1v) is 12.7. The molecule has 0 spiro atoms. The van der Waals surface area contributed by atoms with E-state index in [0.717, 1.165) is 34.4 Å². The summed E-state index contributed by atoms with van der Waals surface area (Å²) in [6, 6.07) is 24.0. The van der Waals surface area contributed by atoms with E-state index in [0.29, 0.717) is 30.6 Å². The number of amides is 1. The fourth-order valence-corrected chi connectivity index (χ4v) is 4.27. The summed E-state index contributed by atoms with van der Waals surface area (Å²) in [5, 5.41) is 10.2. The van der Waals surface area contributed by atoms with Crippen molar-refractivity contribution in [2.45, 2.75) is 13.3 Å². The van der Waals surface area contributed by atoms with E-state index in [1.54, 1.807) is 26.2 Å². The van der Waals surface area contributed by atoms with Crippen LogP contribution in [-0.2, 0) is 4.79 Å². The highest BCUT2D eigenvalue weighted by molar-refractivity contribution is 6.00. The van der Waals surface area contributed by atoms with Gasteiger partial charge in [0.1, 0.15) is 12.4 Å². The molecule has 4 rings (SSSR count). The highest BCUT2D eigenvalue weighted by Crippen LogP contribution is 2.36. The summed E-state index contributed by atoms with van der Waals surface area (Å²) in [6.45, 7) is 3.88. The standard InChI is InChI=1S/C31H33FN4O2/c1-4-26(22-9-6-5-7-10-22)30(24-14-17-28-27(21-24)31(32)35-34-28)23-12-15-25(16-13-23)38-20-19-33-18-8-11-29(37)36(2)3/h5-17,21,33H,4,18-20H2,1-3H3,(H,34,35)/b11-8+,30-26+. The van der Waals surface area contributed by atoms with Gasteiger partial charge in [0, 0.05) is 33.3 Å². The van der Waals surface area contributed by atoms with Crippen molar-refractivity contribution >= 4 is 28.0 Å². The Kier molecular flexibility index (Phi) is 9.06. The topological polar surface area (TPSA) is 70.2 Å². The van der Waals surface area contributed by atoms with Gasteiger partial charge < -0.3 is 15.0 Å². The Morgan fingerprint density at radius 2 is 1.76 bits per heavy atom. The number of halogens is 1. The molecule has 7 heteroatoms. The predicted molar refractivity (Wildman–Crippen MR) is 151 cm³/mol. The third-order valence-electron chi connectivity index (χ3n) is 6.23. The van der Waals surface area contributed by atoms with Crippen LogP contribution >= 0.6 is 0 Å². The second kappa shape index (κ2) is 12.8. The molecule has 0 unspecified atom stereocenters. The number of H-pyrrole nitrogens is 1. The minimum atomic E-state index is -0.434. The van der Waals surface area contributed by atoms with Crippen molar-refractivity contribution in [1.82, 2.24) is 20.4 Å². The number of hydrogen-bond acceptors (Lipinski definition) is 4. The number of carbonyl (C=O) groups excluding carboxylic acids is 1. The number of nitrogens with zero attached hydrogens (tertiary/aromatic N) is 2. The van der Waals surface area contributed by atoms with Crippen molar-refractivity contribution in [3.05, 3.63) is 108 Å². The van der Waals surface area contributed by atoms with E-state index >= 15 is 0 Å². The van der Waals surface area contributed by atoms with Crippen LogP contribution in [0.2, 0.25) is 0 Å². The molecule has 196 valence electrons. The lowest BCUT2D eigenvalue weighted by Crippen LogP contribution is -2.22. The Balaban J connectivity index is 1.53. The number of aromatic nitrogens is 2. The van der Waals surface area contributed by atoms with Gasteiger partial charge in [-0.2, -0.15) is 9.49 Å². The Morgan fingerprint density at radius 3 is 2.47 bits per heavy atom. The minimum absolute atomic E-state index is 0.0372. The zero-order valence-corrected chi connectivity index (χ0v) is 22.0. The van der Waals surface area contributed by atoms with Gasteiger partial charge in [0.2, 0.25) is 11.9 Å². The van der Waals surface area contributed by atoms with Crippen molar-refractivity contribution in [3.8, 4) is 5.75 Å². The van der Waals surface area contributed by atoms with Crippen LogP contribution < -0.4 is 10.1 Å². The normalized spacial score (nSPS) is 12.1. The minimum Gasteiger partial charge on any atom is -0.492 e. The van der Waals surface area contributed by atoms with Gasteiger partial charge in [0.05, 0.1) is 10.9 Å². The number of nitrogens with one attached hydrogen (secondary N) is 2. The molecule has 1 amide bonds. The number of allylic oxidation sites excluding steroid dienone is 1. The van der Waals surface area contributed by atoms with Gasteiger partial charge in [-0.15, -0.1) is 0 Å². The van der Waals surface area contributed by atoms with Gasteiger partial charge in [0.15, 0.2) is 0 Å². The van der Waals surface area contributed by atoms with Gasteiger partial charge in [-0.05, 0) is 58.5 Å². The lowest BCUT2D eigenvalue weighted by atomic mass is 9.88. The number of hydrogen-bond donors (Lipinski definition) is 2. The molecule has 4 aromatic rings. The number of fused-ring (bicyclic) bond motifs is 1. The molecular formula is C31H33FN4O2. The molecule has 1 heterocycles. The van der Waals surface area contributed by atoms with E-state index in [1.165, 1.54) is 10.5 Å². The number of rotatable bonds is 11. The van der Waals surface area contributed by atoms with Gasteiger partial charge in [0.25, 0.3) is 0 Å². The molecule has 0 aliphatic rings. The summed E-state index contributed by atoms with van der Waals surface area (Å²) >= 11 is 0. The molecule has 0 saturated carbocycles. The van der Waals surface area contributed by atoms with Crippen LogP contribution in [0, 0.1) is 5.95 Å². The molecule has 6 nitrogen and oxygen atoms in total. The highest BCUT2D eigenvalue weighted by atomic mass is 19.1. The van der Waals surface area contributed by atoms with Crippen molar-refractivity contribution < 1.29 is 13.9 Å². The summed E-state index contributed by atoms with van der Waals surface area (Å²) in [4.78, 5) is 13.1. The fraction of sp³-hybridized carbons (Fsp3) is 0.226. The van der Waals surface area contributed by atoms with E-state index in [2.05, 4.69) is 34.6 Å².